The molecule has 8 nitrogen and oxygen atoms in total. The first-order valence-corrected chi connectivity index (χ1v) is 5.66. The second-order valence-corrected chi connectivity index (χ2v) is 3.81. The van der Waals surface area contributed by atoms with Crippen LogP contribution in [0.2, 0.25) is 0 Å². The van der Waals surface area contributed by atoms with Crippen LogP contribution in [0.1, 0.15) is 13.3 Å². The Labute approximate surface area is 103 Å². The first-order valence-electron chi connectivity index (χ1n) is 5.66. The van der Waals surface area contributed by atoms with Crippen molar-refractivity contribution in [1.29, 1.82) is 0 Å². The van der Waals surface area contributed by atoms with Crippen LogP contribution in [0.4, 0.5) is 5.69 Å². The minimum absolute atomic E-state index is 0.111. The van der Waals surface area contributed by atoms with Crippen LogP contribution in [0.15, 0.2) is 15.8 Å². The van der Waals surface area contributed by atoms with Crippen LogP contribution in [0.5, 0.6) is 0 Å². The van der Waals surface area contributed by atoms with Gasteiger partial charge in [-0.05, 0) is 13.5 Å². The number of likely N-dealkylation sites (N-methyl/N-ethyl adjacent to an activating group) is 1. The van der Waals surface area contributed by atoms with Gasteiger partial charge in [-0.15, -0.1) is 0 Å². The van der Waals surface area contributed by atoms with Crippen LogP contribution in [-0.4, -0.2) is 27.6 Å². The van der Waals surface area contributed by atoms with Crippen LogP contribution in [0, 0.1) is 10.1 Å². The summed E-state index contributed by atoms with van der Waals surface area (Å²) in [5.41, 5.74) is -1.94. The normalized spacial score (nSPS) is 10.6. The molecule has 1 aromatic rings. The molecule has 1 rings (SSSR count). The predicted molar refractivity (Wildman–Crippen MR) is 65.8 cm³/mol. The molecule has 0 unspecified atom stereocenters. The average molecular weight is 256 g/mol. The van der Waals surface area contributed by atoms with E-state index in [-0.39, 0.29) is 6.54 Å². The molecule has 100 valence electrons. The molecule has 1 aromatic heterocycles. The van der Waals surface area contributed by atoms with Crippen molar-refractivity contribution in [2.75, 3.05) is 13.6 Å². The molecule has 0 radical (unpaired) electrons. The van der Waals surface area contributed by atoms with Crippen molar-refractivity contribution >= 4 is 5.69 Å². The van der Waals surface area contributed by atoms with E-state index in [0.717, 1.165) is 10.8 Å². The van der Waals surface area contributed by atoms with Crippen molar-refractivity contribution in [3.8, 4) is 0 Å². The fraction of sp³-hybridized carbons (Fsp3) is 0.600. The SMILES string of the molecule is CCCn1cc([N+](=O)[O-])c(=O)n(CCNC)c1=O. The van der Waals surface area contributed by atoms with E-state index in [9.17, 15) is 19.7 Å². The summed E-state index contributed by atoms with van der Waals surface area (Å²) in [7, 11) is 1.67. The van der Waals surface area contributed by atoms with Crippen LogP contribution in [0.25, 0.3) is 0 Å². The number of hydrogen-bond donors (Lipinski definition) is 1. The van der Waals surface area contributed by atoms with Crippen LogP contribution >= 0.6 is 0 Å². The molecule has 0 aromatic carbocycles. The Morgan fingerprint density at radius 3 is 2.56 bits per heavy atom. The molecule has 0 bridgehead atoms. The monoisotopic (exact) mass is 256 g/mol. The van der Waals surface area contributed by atoms with Crippen molar-refractivity contribution in [3.05, 3.63) is 37.1 Å². The maximum absolute atomic E-state index is 11.9. The molecule has 0 aliphatic rings. The van der Waals surface area contributed by atoms with E-state index in [4.69, 9.17) is 0 Å². The van der Waals surface area contributed by atoms with Crippen molar-refractivity contribution in [1.82, 2.24) is 14.5 Å². The van der Waals surface area contributed by atoms with Crippen LogP contribution < -0.4 is 16.6 Å². The quantitative estimate of drug-likeness (QED) is 0.549. The third-order valence-electron chi connectivity index (χ3n) is 2.47. The lowest BCUT2D eigenvalue weighted by molar-refractivity contribution is -0.387. The summed E-state index contributed by atoms with van der Waals surface area (Å²) in [5.74, 6) is 0. The van der Waals surface area contributed by atoms with Crippen molar-refractivity contribution in [2.24, 2.45) is 0 Å². The Hall–Kier alpha value is -1.96. The Balaban J connectivity index is 3.41. The molecule has 8 heteroatoms. The molecular formula is C10H16N4O4. The van der Waals surface area contributed by atoms with Crippen molar-refractivity contribution in [3.63, 3.8) is 0 Å². The summed E-state index contributed by atoms with van der Waals surface area (Å²) in [5, 5.41) is 13.6. The molecule has 1 N–H and O–H groups in total. The van der Waals surface area contributed by atoms with Gasteiger partial charge in [-0.3, -0.25) is 24.0 Å². The van der Waals surface area contributed by atoms with E-state index in [2.05, 4.69) is 5.32 Å². The molecule has 0 aliphatic heterocycles. The molecule has 18 heavy (non-hydrogen) atoms. The smallest absolute Gasteiger partial charge is 0.318 e. The van der Waals surface area contributed by atoms with Gasteiger partial charge in [0.2, 0.25) is 0 Å². The summed E-state index contributed by atoms with van der Waals surface area (Å²) in [4.78, 5) is 33.7. The van der Waals surface area contributed by atoms with Gasteiger partial charge in [-0.25, -0.2) is 4.79 Å². The maximum atomic E-state index is 11.9. The lowest BCUT2D eigenvalue weighted by atomic mass is 10.4. The van der Waals surface area contributed by atoms with Gasteiger partial charge in [0.1, 0.15) is 0 Å². The lowest BCUT2D eigenvalue weighted by Crippen LogP contribution is -2.42. The number of nitrogens with one attached hydrogen (secondary N) is 1. The Bertz CT molecular complexity index is 546. The summed E-state index contributed by atoms with van der Waals surface area (Å²) < 4.78 is 2.10. The Morgan fingerprint density at radius 2 is 2.06 bits per heavy atom. The van der Waals surface area contributed by atoms with Crippen molar-refractivity contribution in [2.45, 2.75) is 26.4 Å². The molecule has 0 spiro atoms. The first-order chi connectivity index (χ1) is 8.52. The number of aryl methyl sites for hydroxylation is 1. The Kier molecular flexibility index (Phi) is 4.78. The molecular weight excluding hydrogens is 240 g/mol. The van der Waals surface area contributed by atoms with Crippen molar-refractivity contribution < 1.29 is 4.92 Å². The zero-order valence-corrected chi connectivity index (χ0v) is 10.4. The minimum atomic E-state index is -0.854. The average Bonchev–Trinajstić information content (AvgIpc) is 2.32. The van der Waals surface area contributed by atoms with Gasteiger partial charge in [0.15, 0.2) is 0 Å². The fourth-order valence-electron chi connectivity index (χ4n) is 1.59. The topological polar surface area (TPSA) is 99.2 Å². The molecule has 0 fully saturated rings. The highest BCUT2D eigenvalue weighted by atomic mass is 16.6. The van der Waals surface area contributed by atoms with Gasteiger partial charge >= 0.3 is 16.9 Å². The van der Waals surface area contributed by atoms with E-state index >= 15 is 0 Å². The van der Waals surface area contributed by atoms with Gasteiger partial charge < -0.3 is 5.32 Å². The zero-order valence-electron chi connectivity index (χ0n) is 10.4. The third-order valence-corrected chi connectivity index (χ3v) is 2.47. The predicted octanol–water partition coefficient (Wildman–Crippen LogP) is -0.452. The van der Waals surface area contributed by atoms with Gasteiger partial charge in [0.25, 0.3) is 0 Å². The van der Waals surface area contributed by atoms with E-state index in [1.165, 1.54) is 4.57 Å². The standard InChI is InChI=1S/C10H16N4O4/c1-3-5-12-7-8(14(17)18)9(15)13(10(12)16)6-4-11-2/h7,11H,3-6H2,1-2H3. The summed E-state index contributed by atoms with van der Waals surface area (Å²) in [6.45, 7) is 2.70. The second kappa shape index (κ2) is 6.10. The Morgan fingerprint density at radius 1 is 1.39 bits per heavy atom. The van der Waals surface area contributed by atoms with E-state index in [1.807, 2.05) is 6.92 Å². The zero-order chi connectivity index (χ0) is 13.7. The summed E-state index contributed by atoms with van der Waals surface area (Å²) >= 11 is 0. The number of nitrogens with zero attached hydrogens (tertiary/aromatic N) is 3. The van der Waals surface area contributed by atoms with Gasteiger partial charge in [0, 0.05) is 19.6 Å². The maximum Gasteiger partial charge on any atom is 0.350 e. The molecule has 0 atom stereocenters. The van der Waals surface area contributed by atoms with Gasteiger partial charge in [-0.2, -0.15) is 0 Å². The fourth-order valence-corrected chi connectivity index (χ4v) is 1.59. The number of rotatable bonds is 6. The molecule has 1 heterocycles. The summed E-state index contributed by atoms with van der Waals surface area (Å²) in [6.07, 6.45) is 1.67. The van der Waals surface area contributed by atoms with E-state index in [1.54, 1.807) is 7.05 Å². The highest BCUT2D eigenvalue weighted by Gasteiger charge is 2.19. The van der Waals surface area contributed by atoms with Crippen LogP contribution in [-0.2, 0) is 13.1 Å². The van der Waals surface area contributed by atoms with Crippen LogP contribution in [0.3, 0.4) is 0 Å². The number of nitro groups is 1. The highest BCUT2D eigenvalue weighted by Crippen LogP contribution is 2.00. The largest absolute Gasteiger partial charge is 0.350 e. The number of aromatic nitrogens is 2. The van der Waals surface area contributed by atoms with E-state index in [0.29, 0.717) is 19.5 Å². The number of hydrogen-bond acceptors (Lipinski definition) is 5. The molecule has 0 aliphatic carbocycles. The van der Waals surface area contributed by atoms with Gasteiger partial charge in [-0.1, -0.05) is 6.92 Å². The lowest BCUT2D eigenvalue weighted by Gasteiger charge is -2.08. The third kappa shape index (κ3) is 2.83. The summed E-state index contributed by atoms with van der Waals surface area (Å²) in [6, 6.07) is 0. The minimum Gasteiger partial charge on any atom is -0.318 e. The van der Waals surface area contributed by atoms with Gasteiger partial charge in [0.05, 0.1) is 11.1 Å². The molecule has 0 saturated heterocycles. The first kappa shape index (κ1) is 14.1. The highest BCUT2D eigenvalue weighted by molar-refractivity contribution is 5.21. The molecule has 0 amide bonds. The van der Waals surface area contributed by atoms with E-state index < -0.39 is 21.9 Å². The molecule has 0 saturated carbocycles. The second-order valence-electron chi connectivity index (χ2n) is 3.81.